The number of hydrogen-bond donors (Lipinski definition) is 1. The van der Waals surface area contributed by atoms with Crippen molar-refractivity contribution in [1.29, 1.82) is 0 Å². The first-order chi connectivity index (χ1) is 12.2. The Balaban J connectivity index is 2.58. The van der Waals surface area contributed by atoms with Gasteiger partial charge in [-0.2, -0.15) is 0 Å². The van der Waals surface area contributed by atoms with Gasteiger partial charge in [-0.25, -0.2) is 4.79 Å². The standard InChI is InChI=1S/C22H26O3/c1-3-5-16-19(17-12-8-6-9-13-17)20(22(24)25-4-2)21(23)18-14-10-7-11-15-18/h6-15,21,23H,3-5,16H2,1-2H3/b20-19+. The maximum atomic E-state index is 12.7. The van der Waals surface area contributed by atoms with Crippen LogP contribution in [0.1, 0.15) is 50.3 Å². The van der Waals surface area contributed by atoms with E-state index in [1.54, 1.807) is 6.92 Å². The molecule has 2 aromatic carbocycles. The average molecular weight is 338 g/mol. The quantitative estimate of drug-likeness (QED) is 0.548. The first-order valence-electron chi connectivity index (χ1n) is 8.87. The molecule has 1 unspecified atom stereocenters. The number of hydrogen-bond acceptors (Lipinski definition) is 3. The average Bonchev–Trinajstić information content (AvgIpc) is 2.66. The zero-order valence-electron chi connectivity index (χ0n) is 14.9. The van der Waals surface area contributed by atoms with Gasteiger partial charge in [-0.3, -0.25) is 0 Å². The minimum Gasteiger partial charge on any atom is -0.463 e. The number of allylic oxidation sites excluding steroid dienone is 1. The van der Waals surface area contributed by atoms with E-state index in [9.17, 15) is 9.90 Å². The van der Waals surface area contributed by atoms with E-state index in [1.165, 1.54) is 0 Å². The van der Waals surface area contributed by atoms with Crippen molar-refractivity contribution in [1.82, 2.24) is 0 Å². The minimum atomic E-state index is -1.01. The van der Waals surface area contributed by atoms with E-state index in [0.717, 1.165) is 30.4 Å². The molecule has 0 radical (unpaired) electrons. The lowest BCUT2D eigenvalue weighted by atomic mass is 9.89. The van der Waals surface area contributed by atoms with Crippen molar-refractivity contribution in [2.45, 2.75) is 39.2 Å². The summed E-state index contributed by atoms with van der Waals surface area (Å²) in [5, 5.41) is 10.9. The molecule has 0 bridgehead atoms. The fraction of sp³-hybridized carbons (Fsp3) is 0.318. The molecule has 0 aliphatic carbocycles. The number of aliphatic hydroxyl groups is 1. The van der Waals surface area contributed by atoms with Gasteiger partial charge in [-0.1, -0.05) is 74.0 Å². The molecule has 0 aromatic heterocycles. The van der Waals surface area contributed by atoms with Crippen molar-refractivity contribution >= 4 is 11.5 Å². The van der Waals surface area contributed by atoms with Crippen LogP contribution in [0.2, 0.25) is 0 Å². The zero-order valence-corrected chi connectivity index (χ0v) is 14.9. The van der Waals surface area contributed by atoms with E-state index in [4.69, 9.17) is 4.74 Å². The van der Waals surface area contributed by atoms with Crippen LogP contribution in [0, 0.1) is 0 Å². The highest BCUT2D eigenvalue weighted by atomic mass is 16.5. The summed E-state index contributed by atoms with van der Waals surface area (Å²) in [6.07, 6.45) is 1.66. The van der Waals surface area contributed by atoms with E-state index in [2.05, 4.69) is 6.92 Å². The van der Waals surface area contributed by atoms with Crippen LogP contribution < -0.4 is 0 Å². The number of benzene rings is 2. The van der Waals surface area contributed by atoms with E-state index >= 15 is 0 Å². The first kappa shape index (κ1) is 18.9. The molecule has 0 aliphatic heterocycles. The number of rotatable bonds is 8. The van der Waals surface area contributed by atoms with Crippen LogP contribution in [0.4, 0.5) is 0 Å². The molecule has 1 N–H and O–H groups in total. The summed E-state index contributed by atoms with van der Waals surface area (Å²) in [6, 6.07) is 19.0. The van der Waals surface area contributed by atoms with Crippen molar-refractivity contribution < 1.29 is 14.6 Å². The summed E-state index contributed by atoms with van der Waals surface area (Å²) in [5.41, 5.74) is 2.84. The summed E-state index contributed by atoms with van der Waals surface area (Å²) in [4.78, 5) is 12.7. The van der Waals surface area contributed by atoms with E-state index in [0.29, 0.717) is 11.1 Å². The summed E-state index contributed by atoms with van der Waals surface area (Å²) < 4.78 is 5.27. The van der Waals surface area contributed by atoms with Crippen LogP contribution in [0.3, 0.4) is 0 Å². The Hall–Kier alpha value is -2.39. The molecule has 0 aliphatic rings. The van der Waals surface area contributed by atoms with Crippen molar-refractivity contribution in [3.8, 4) is 0 Å². The SMILES string of the molecule is CCCC/C(=C(\C(=O)OCC)C(O)c1ccccc1)c1ccccc1. The largest absolute Gasteiger partial charge is 0.463 e. The van der Waals surface area contributed by atoms with E-state index < -0.39 is 12.1 Å². The molecule has 3 heteroatoms. The van der Waals surface area contributed by atoms with Gasteiger partial charge >= 0.3 is 5.97 Å². The Labute approximate surface area is 150 Å². The molecule has 0 spiro atoms. The molecule has 0 heterocycles. The summed E-state index contributed by atoms with van der Waals surface area (Å²) in [5.74, 6) is -0.450. The molecule has 25 heavy (non-hydrogen) atoms. The van der Waals surface area contributed by atoms with Gasteiger partial charge in [0.15, 0.2) is 0 Å². The van der Waals surface area contributed by atoms with Crippen molar-refractivity contribution in [2.75, 3.05) is 6.61 Å². The van der Waals surface area contributed by atoms with Crippen LogP contribution in [0.5, 0.6) is 0 Å². The first-order valence-corrected chi connectivity index (χ1v) is 8.87. The molecule has 1 atom stereocenters. The van der Waals surface area contributed by atoms with E-state index in [-0.39, 0.29) is 6.61 Å². The normalized spacial score (nSPS) is 13.1. The lowest BCUT2D eigenvalue weighted by Gasteiger charge is -2.20. The van der Waals surface area contributed by atoms with Gasteiger partial charge in [0.25, 0.3) is 0 Å². The fourth-order valence-electron chi connectivity index (χ4n) is 2.84. The molecule has 0 fully saturated rings. The number of aliphatic hydroxyl groups excluding tert-OH is 1. The van der Waals surface area contributed by atoms with Crippen molar-refractivity contribution in [2.24, 2.45) is 0 Å². The topological polar surface area (TPSA) is 46.5 Å². The molecule has 2 aromatic rings. The Morgan fingerprint density at radius 3 is 2.16 bits per heavy atom. The molecule has 132 valence electrons. The Morgan fingerprint density at radius 1 is 1.00 bits per heavy atom. The number of ether oxygens (including phenoxy) is 1. The second-order valence-corrected chi connectivity index (χ2v) is 5.90. The van der Waals surface area contributed by atoms with Crippen LogP contribution in [-0.2, 0) is 9.53 Å². The number of unbranched alkanes of at least 4 members (excludes halogenated alkanes) is 1. The third kappa shape index (κ3) is 5.04. The number of esters is 1. The molecule has 0 amide bonds. The maximum absolute atomic E-state index is 12.7. The van der Waals surface area contributed by atoms with Crippen LogP contribution >= 0.6 is 0 Å². The molecule has 3 nitrogen and oxygen atoms in total. The molecule has 2 rings (SSSR count). The molecular weight excluding hydrogens is 312 g/mol. The lowest BCUT2D eigenvalue weighted by Crippen LogP contribution is -2.17. The predicted molar refractivity (Wildman–Crippen MR) is 101 cm³/mol. The van der Waals surface area contributed by atoms with Crippen LogP contribution in [0.15, 0.2) is 66.2 Å². The van der Waals surface area contributed by atoms with Gasteiger partial charge in [0.2, 0.25) is 0 Å². The lowest BCUT2D eigenvalue weighted by molar-refractivity contribution is -0.139. The third-order valence-corrected chi connectivity index (χ3v) is 4.11. The van der Waals surface area contributed by atoms with Crippen molar-refractivity contribution in [3.05, 3.63) is 77.4 Å². The molecule has 0 saturated carbocycles. The Kier molecular flexibility index (Phi) is 7.42. The Bertz CT molecular complexity index is 690. The zero-order chi connectivity index (χ0) is 18.1. The van der Waals surface area contributed by atoms with Gasteiger partial charge < -0.3 is 9.84 Å². The summed E-state index contributed by atoms with van der Waals surface area (Å²) in [7, 11) is 0. The second-order valence-electron chi connectivity index (χ2n) is 5.90. The third-order valence-electron chi connectivity index (χ3n) is 4.11. The highest BCUT2D eigenvalue weighted by Crippen LogP contribution is 2.33. The van der Waals surface area contributed by atoms with Gasteiger partial charge in [-0.15, -0.1) is 0 Å². The fourth-order valence-corrected chi connectivity index (χ4v) is 2.84. The summed E-state index contributed by atoms with van der Waals surface area (Å²) >= 11 is 0. The maximum Gasteiger partial charge on any atom is 0.337 e. The monoisotopic (exact) mass is 338 g/mol. The van der Waals surface area contributed by atoms with Gasteiger partial charge in [0.05, 0.1) is 12.2 Å². The Morgan fingerprint density at radius 2 is 1.60 bits per heavy atom. The van der Waals surface area contributed by atoms with Gasteiger partial charge in [0, 0.05) is 0 Å². The highest BCUT2D eigenvalue weighted by Gasteiger charge is 2.26. The molecule has 0 saturated heterocycles. The van der Waals surface area contributed by atoms with E-state index in [1.807, 2.05) is 60.7 Å². The number of carbonyl (C=O) groups excluding carboxylic acids is 1. The molecular formula is C22H26O3. The smallest absolute Gasteiger partial charge is 0.337 e. The number of carbonyl (C=O) groups is 1. The van der Waals surface area contributed by atoms with Crippen LogP contribution in [-0.4, -0.2) is 17.7 Å². The highest BCUT2D eigenvalue weighted by molar-refractivity contribution is 5.99. The van der Waals surface area contributed by atoms with Gasteiger partial charge in [-0.05, 0) is 36.5 Å². The predicted octanol–water partition coefficient (Wildman–Crippen LogP) is 4.93. The summed E-state index contributed by atoms with van der Waals surface area (Å²) in [6.45, 7) is 4.17. The van der Waals surface area contributed by atoms with Crippen LogP contribution in [0.25, 0.3) is 5.57 Å². The van der Waals surface area contributed by atoms with Crippen molar-refractivity contribution in [3.63, 3.8) is 0 Å². The second kappa shape index (κ2) is 9.80. The van der Waals surface area contributed by atoms with Gasteiger partial charge in [0.1, 0.15) is 6.10 Å². The minimum absolute atomic E-state index is 0.277.